The van der Waals surface area contributed by atoms with Gasteiger partial charge in [-0.3, -0.25) is 15.0 Å². The normalized spacial score (nSPS) is 16.9. The first-order chi connectivity index (χ1) is 11.5. The van der Waals surface area contributed by atoms with E-state index in [9.17, 15) is 31.7 Å². The van der Waals surface area contributed by atoms with Crippen LogP contribution in [0.5, 0.6) is 0 Å². The van der Waals surface area contributed by atoms with Gasteiger partial charge >= 0.3 is 6.18 Å². The highest BCUT2D eigenvalue weighted by molar-refractivity contribution is 7.89. The minimum Gasteiger partial charge on any atom is -0.363 e. The molecule has 1 aliphatic heterocycles. The van der Waals surface area contributed by atoms with Gasteiger partial charge in [0.2, 0.25) is 10.0 Å². The van der Waals surface area contributed by atoms with E-state index < -0.39 is 33.4 Å². The lowest BCUT2D eigenvalue weighted by Crippen LogP contribution is -2.49. The van der Waals surface area contributed by atoms with Crippen LogP contribution in [0.3, 0.4) is 0 Å². The number of alkyl halides is 3. The molecule has 0 unspecified atom stereocenters. The Morgan fingerprint density at radius 1 is 1.24 bits per heavy atom. The first-order valence-corrected chi connectivity index (χ1v) is 8.78. The van der Waals surface area contributed by atoms with Gasteiger partial charge in [0, 0.05) is 32.2 Å². The highest BCUT2D eigenvalue weighted by atomic mass is 32.2. The Labute approximate surface area is 142 Å². The molecule has 1 aromatic rings. The molecule has 0 atom stereocenters. The molecule has 0 aromatic heterocycles. The molecule has 1 N–H and O–H groups in total. The van der Waals surface area contributed by atoms with E-state index in [4.69, 9.17) is 0 Å². The molecule has 1 aliphatic rings. The summed E-state index contributed by atoms with van der Waals surface area (Å²) in [6.07, 6.45) is -4.29. The van der Waals surface area contributed by atoms with Crippen molar-refractivity contribution in [1.82, 2.24) is 9.62 Å². The van der Waals surface area contributed by atoms with E-state index in [0.29, 0.717) is 0 Å². The summed E-state index contributed by atoms with van der Waals surface area (Å²) in [5, 5.41) is 11.3. The molecule has 0 amide bonds. The second-order valence-electron chi connectivity index (χ2n) is 5.49. The molecule has 140 valence electrons. The van der Waals surface area contributed by atoms with E-state index in [0.717, 1.165) is 6.07 Å². The molecule has 25 heavy (non-hydrogen) atoms. The molecule has 0 aliphatic carbocycles. The second-order valence-corrected chi connectivity index (χ2v) is 7.38. The summed E-state index contributed by atoms with van der Waals surface area (Å²) in [6.45, 7) is -0.465. The third kappa shape index (κ3) is 4.80. The van der Waals surface area contributed by atoms with Gasteiger partial charge in [-0.25, -0.2) is 13.1 Å². The smallest absolute Gasteiger partial charge is 0.363 e. The summed E-state index contributed by atoms with van der Waals surface area (Å²) in [6, 6.07) is 3.49. The zero-order chi connectivity index (χ0) is 18.8. The molecule has 0 spiro atoms. The average Bonchev–Trinajstić information content (AvgIpc) is 2.53. The van der Waals surface area contributed by atoms with Crippen molar-refractivity contribution in [2.45, 2.75) is 11.1 Å². The van der Waals surface area contributed by atoms with Crippen LogP contribution in [0.15, 0.2) is 23.1 Å². The number of nitrogens with zero attached hydrogens (tertiary/aromatic N) is 3. The summed E-state index contributed by atoms with van der Waals surface area (Å²) in [7, 11) is -2.65. The summed E-state index contributed by atoms with van der Waals surface area (Å²) < 4.78 is 62.9. The van der Waals surface area contributed by atoms with E-state index >= 15 is 0 Å². The summed E-state index contributed by atoms with van der Waals surface area (Å²) in [5.74, 6) is 0. The van der Waals surface area contributed by atoms with Crippen molar-refractivity contribution in [2.24, 2.45) is 0 Å². The standard InChI is InChI=1S/C13H17F3N4O4S/c1-17-25(23,24)10-2-3-11(12(8-10)20(21)22)19-6-4-18(5-7-19)9-13(14,15)16/h2-3,8,17H,4-7,9H2,1H3. The number of rotatable bonds is 5. The average molecular weight is 382 g/mol. The van der Waals surface area contributed by atoms with E-state index in [1.54, 1.807) is 4.90 Å². The fraction of sp³-hybridized carbons (Fsp3) is 0.538. The van der Waals surface area contributed by atoms with E-state index in [-0.39, 0.29) is 36.8 Å². The molecule has 0 radical (unpaired) electrons. The van der Waals surface area contributed by atoms with Crippen molar-refractivity contribution in [2.75, 3.05) is 44.7 Å². The lowest BCUT2D eigenvalue weighted by molar-refractivity contribution is -0.384. The maximum Gasteiger partial charge on any atom is 0.401 e. The molecule has 12 heteroatoms. The Bertz CT molecular complexity index is 746. The molecule has 2 rings (SSSR count). The molecule has 8 nitrogen and oxygen atoms in total. The predicted molar refractivity (Wildman–Crippen MR) is 84.0 cm³/mol. The summed E-state index contributed by atoms with van der Waals surface area (Å²) in [5.41, 5.74) is -0.215. The van der Waals surface area contributed by atoms with E-state index in [1.165, 1.54) is 24.1 Å². The molecular formula is C13H17F3N4O4S. The third-order valence-corrected chi connectivity index (χ3v) is 5.25. The van der Waals surface area contributed by atoms with Crippen molar-refractivity contribution < 1.29 is 26.5 Å². The zero-order valence-corrected chi connectivity index (χ0v) is 14.1. The van der Waals surface area contributed by atoms with Crippen LogP contribution in [0.4, 0.5) is 24.5 Å². The summed E-state index contributed by atoms with van der Waals surface area (Å²) in [4.78, 5) is 13.1. The lowest BCUT2D eigenvalue weighted by atomic mass is 10.2. The van der Waals surface area contributed by atoms with Gasteiger partial charge in [-0.05, 0) is 19.2 Å². The number of nitro benzene ring substituents is 1. The topological polar surface area (TPSA) is 95.8 Å². The number of nitrogens with one attached hydrogen (secondary N) is 1. The van der Waals surface area contributed by atoms with Gasteiger partial charge in [0.05, 0.1) is 16.4 Å². The third-order valence-electron chi connectivity index (χ3n) is 3.84. The van der Waals surface area contributed by atoms with Gasteiger partial charge in [-0.1, -0.05) is 0 Å². The molecule has 1 saturated heterocycles. The van der Waals surface area contributed by atoms with Crippen LogP contribution in [-0.2, 0) is 10.0 Å². The molecular weight excluding hydrogens is 365 g/mol. The molecule has 1 heterocycles. The van der Waals surface area contributed by atoms with Gasteiger partial charge in [-0.2, -0.15) is 13.2 Å². The highest BCUT2D eigenvalue weighted by Gasteiger charge is 2.33. The predicted octanol–water partition coefficient (Wildman–Crippen LogP) is 1.19. The number of hydrogen-bond donors (Lipinski definition) is 1. The van der Waals surface area contributed by atoms with Gasteiger partial charge in [0.15, 0.2) is 0 Å². The Morgan fingerprint density at radius 2 is 1.84 bits per heavy atom. The Balaban J connectivity index is 2.22. The van der Waals surface area contributed by atoms with Crippen LogP contribution >= 0.6 is 0 Å². The van der Waals surface area contributed by atoms with Crippen molar-refractivity contribution in [1.29, 1.82) is 0 Å². The number of sulfonamides is 1. The number of benzene rings is 1. The fourth-order valence-corrected chi connectivity index (χ4v) is 3.35. The zero-order valence-electron chi connectivity index (χ0n) is 13.3. The Hall–Kier alpha value is -1.92. The summed E-state index contributed by atoms with van der Waals surface area (Å²) >= 11 is 0. The largest absolute Gasteiger partial charge is 0.401 e. The monoisotopic (exact) mass is 382 g/mol. The number of hydrogen-bond acceptors (Lipinski definition) is 6. The maximum absolute atomic E-state index is 12.4. The SMILES string of the molecule is CNS(=O)(=O)c1ccc(N2CCN(CC(F)(F)F)CC2)c([N+](=O)[O-])c1. The molecule has 0 bridgehead atoms. The highest BCUT2D eigenvalue weighted by Crippen LogP contribution is 2.31. The van der Waals surface area contributed by atoms with Crippen molar-refractivity contribution in [3.63, 3.8) is 0 Å². The van der Waals surface area contributed by atoms with Crippen molar-refractivity contribution in [3.8, 4) is 0 Å². The molecule has 1 fully saturated rings. The van der Waals surface area contributed by atoms with E-state index in [2.05, 4.69) is 4.72 Å². The number of halogens is 3. The number of nitro groups is 1. The first kappa shape index (κ1) is 19.4. The Kier molecular flexibility index (Phi) is 5.54. The quantitative estimate of drug-likeness (QED) is 0.607. The lowest BCUT2D eigenvalue weighted by Gasteiger charge is -2.36. The Morgan fingerprint density at radius 3 is 2.32 bits per heavy atom. The maximum atomic E-state index is 12.4. The van der Waals surface area contributed by atoms with Gasteiger partial charge in [0.1, 0.15) is 5.69 Å². The fourth-order valence-electron chi connectivity index (χ4n) is 2.60. The van der Waals surface area contributed by atoms with Crippen molar-refractivity contribution >= 4 is 21.4 Å². The van der Waals surface area contributed by atoms with Crippen LogP contribution in [0.1, 0.15) is 0 Å². The minimum absolute atomic E-state index is 0.104. The van der Waals surface area contributed by atoms with Crippen LogP contribution < -0.4 is 9.62 Å². The number of anilines is 1. The van der Waals surface area contributed by atoms with Gasteiger partial charge in [-0.15, -0.1) is 0 Å². The van der Waals surface area contributed by atoms with Crippen LogP contribution in [0.25, 0.3) is 0 Å². The van der Waals surface area contributed by atoms with Gasteiger partial charge < -0.3 is 4.90 Å². The number of piperazine rings is 1. The second kappa shape index (κ2) is 7.14. The van der Waals surface area contributed by atoms with Crippen LogP contribution in [0, 0.1) is 10.1 Å². The van der Waals surface area contributed by atoms with Crippen molar-refractivity contribution in [3.05, 3.63) is 28.3 Å². The van der Waals surface area contributed by atoms with Crippen LogP contribution in [0.2, 0.25) is 0 Å². The van der Waals surface area contributed by atoms with Gasteiger partial charge in [0.25, 0.3) is 5.69 Å². The van der Waals surface area contributed by atoms with Crippen LogP contribution in [-0.4, -0.2) is 64.2 Å². The minimum atomic E-state index is -4.29. The molecule has 0 saturated carbocycles. The molecule has 1 aromatic carbocycles. The van der Waals surface area contributed by atoms with E-state index in [1.807, 2.05) is 0 Å². The first-order valence-electron chi connectivity index (χ1n) is 7.29.